The molecule has 0 radical (unpaired) electrons. The van der Waals surface area contributed by atoms with Gasteiger partial charge in [-0.3, -0.25) is 4.79 Å². The molecule has 11 heteroatoms. The van der Waals surface area contributed by atoms with Crippen LogP contribution in [-0.2, 0) is 24.9 Å². The summed E-state index contributed by atoms with van der Waals surface area (Å²) in [5, 5.41) is 10.1. The van der Waals surface area contributed by atoms with Crippen molar-refractivity contribution in [3.63, 3.8) is 0 Å². The average Bonchev–Trinajstić information content (AvgIpc) is 3.25. The highest BCUT2D eigenvalue weighted by Crippen LogP contribution is 2.36. The highest BCUT2D eigenvalue weighted by atomic mass is 79.9. The summed E-state index contributed by atoms with van der Waals surface area (Å²) < 4.78 is 75.2. The van der Waals surface area contributed by atoms with Crippen LogP contribution < -0.4 is 10.1 Å². The fraction of sp³-hybridized carbons (Fsp3) is 0.292. The lowest BCUT2D eigenvalue weighted by atomic mass is 10.0. The van der Waals surface area contributed by atoms with E-state index in [1.165, 1.54) is 25.1 Å². The molecule has 1 aromatic heterocycles. The van der Waals surface area contributed by atoms with Crippen molar-refractivity contribution in [3.8, 4) is 11.6 Å². The minimum atomic E-state index is -4.60. The molecule has 0 atom stereocenters. The predicted octanol–water partition coefficient (Wildman–Crippen LogP) is 6.37. The van der Waals surface area contributed by atoms with Gasteiger partial charge in [-0.2, -0.15) is 27.1 Å². The summed E-state index contributed by atoms with van der Waals surface area (Å²) >= 11 is 3.23. The molecule has 0 bridgehead atoms. The SMILES string of the molecule is Cc1cc(Br)ccc1C(F)(F)CNC(=O)c1c(Oc2cccc(C(F)(F)F)c2)nnc2c1CCC2. The van der Waals surface area contributed by atoms with E-state index < -0.39 is 30.1 Å². The molecule has 0 aliphatic heterocycles. The molecular weight excluding hydrogens is 537 g/mol. The zero-order chi connectivity index (χ0) is 25.4. The molecule has 1 N–H and O–H groups in total. The zero-order valence-electron chi connectivity index (χ0n) is 18.3. The Hall–Kier alpha value is -3.08. The van der Waals surface area contributed by atoms with Crippen LogP contribution in [0.25, 0.3) is 0 Å². The van der Waals surface area contributed by atoms with Crippen LogP contribution in [0.5, 0.6) is 11.6 Å². The molecule has 0 saturated carbocycles. The second kappa shape index (κ2) is 9.52. The van der Waals surface area contributed by atoms with Crippen LogP contribution in [0, 0.1) is 6.92 Å². The Bertz CT molecular complexity index is 1280. The first kappa shape index (κ1) is 25.0. The first-order valence-corrected chi connectivity index (χ1v) is 11.4. The number of aromatic nitrogens is 2. The van der Waals surface area contributed by atoms with E-state index in [9.17, 15) is 26.7 Å². The summed E-state index contributed by atoms with van der Waals surface area (Å²) in [6.45, 7) is 0.547. The Morgan fingerprint density at radius 1 is 1.09 bits per heavy atom. The molecule has 1 heterocycles. The summed E-state index contributed by atoms with van der Waals surface area (Å²) in [6, 6.07) is 8.38. The number of carbonyl (C=O) groups excluding carboxylic acids is 1. The smallest absolute Gasteiger partial charge is 0.416 e. The quantitative estimate of drug-likeness (QED) is 0.359. The summed E-state index contributed by atoms with van der Waals surface area (Å²) in [6.07, 6.45) is -2.94. The monoisotopic (exact) mass is 555 g/mol. The van der Waals surface area contributed by atoms with Crippen molar-refractivity contribution in [1.82, 2.24) is 15.5 Å². The maximum absolute atomic E-state index is 14.9. The molecule has 0 saturated heterocycles. The number of hydrogen-bond donors (Lipinski definition) is 1. The summed E-state index contributed by atoms with van der Waals surface area (Å²) in [7, 11) is 0. The predicted molar refractivity (Wildman–Crippen MR) is 121 cm³/mol. The molecular formula is C24H19BrF5N3O2. The largest absolute Gasteiger partial charge is 0.437 e. The van der Waals surface area contributed by atoms with Crippen molar-refractivity contribution in [2.45, 2.75) is 38.3 Å². The molecule has 1 aliphatic rings. The van der Waals surface area contributed by atoms with Gasteiger partial charge in [-0.25, -0.2) is 0 Å². The van der Waals surface area contributed by atoms with Crippen molar-refractivity contribution >= 4 is 21.8 Å². The van der Waals surface area contributed by atoms with Crippen LogP contribution in [0.4, 0.5) is 22.0 Å². The molecule has 35 heavy (non-hydrogen) atoms. The maximum Gasteiger partial charge on any atom is 0.416 e. The van der Waals surface area contributed by atoms with Crippen molar-refractivity contribution in [3.05, 3.63) is 80.4 Å². The van der Waals surface area contributed by atoms with Gasteiger partial charge in [0.15, 0.2) is 0 Å². The lowest BCUT2D eigenvalue weighted by Crippen LogP contribution is -2.36. The topological polar surface area (TPSA) is 64.1 Å². The minimum Gasteiger partial charge on any atom is -0.437 e. The molecule has 184 valence electrons. The van der Waals surface area contributed by atoms with E-state index in [0.717, 1.165) is 18.2 Å². The van der Waals surface area contributed by atoms with Crippen LogP contribution in [-0.4, -0.2) is 22.6 Å². The number of ether oxygens (including phenoxy) is 1. The standard InChI is InChI=1S/C24H19BrF5N3O2/c1-13-10-15(25)8-9-18(13)23(26,27)12-31-21(34)20-17-6-3-7-19(17)32-33-22(20)35-16-5-2-4-14(11-16)24(28,29)30/h2,4-5,8-11H,3,6-7,12H2,1H3,(H,31,34). The third kappa shape index (κ3) is 5.44. The Labute approximate surface area is 205 Å². The van der Waals surface area contributed by atoms with Gasteiger partial charge in [0.25, 0.3) is 17.7 Å². The third-order valence-electron chi connectivity index (χ3n) is 5.62. The van der Waals surface area contributed by atoms with E-state index in [1.807, 2.05) is 0 Å². The number of carbonyl (C=O) groups is 1. The summed E-state index contributed by atoms with van der Waals surface area (Å²) in [5.74, 6) is -4.79. The maximum atomic E-state index is 14.9. The van der Waals surface area contributed by atoms with Crippen molar-refractivity contribution in [2.75, 3.05) is 6.54 Å². The fourth-order valence-electron chi connectivity index (χ4n) is 3.96. The van der Waals surface area contributed by atoms with Crippen LogP contribution in [0.2, 0.25) is 0 Å². The molecule has 5 nitrogen and oxygen atoms in total. The zero-order valence-corrected chi connectivity index (χ0v) is 19.9. The summed E-state index contributed by atoms with van der Waals surface area (Å²) in [5.41, 5.74) is 0.0794. The van der Waals surface area contributed by atoms with Gasteiger partial charge in [-0.15, -0.1) is 5.10 Å². The molecule has 1 aliphatic carbocycles. The van der Waals surface area contributed by atoms with Crippen molar-refractivity contribution < 1.29 is 31.5 Å². The second-order valence-corrected chi connectivity index (χ2v) is 9.05. The lowest BCUT2D eigenvalue weighted by Gasteiger charge is -2.20. The Morgan fingerprint density at radius 2 is 1.86 bits per heavy atom. The van der Waals surface area contributed by atoms with E-state index in [2.05, 4.69) is 31.4 Å². The Kier molecular flexibility index (Phi) is 6.81. The minimum absolute atomic E-state index is 0.103. The Morgan fingerprint density at radius 3 is 2.57 bits per heavy atom. The molecule has 0 spiro atoms. The van der Waals surface area contributed by atoms with Crippen molar-refractivity contribution in [2.24, 2.45) is 0 Å². The van der Waals surface area contributed by atoms with Crippen molar-refractivity contribution in [1.29, 1.82) is 0 Å². The van der Waals surface area contributed by atoms with E-state index >= 15 is 0 Å². The van der Waals surface area contributed by atoms with E-state index in [-0.39, 0.29) is 22.8 Å². The molecule has 3 aromatic rings. The number of halogens is 6. The highest BCUT2D eigenvalue weighted by Gasteiger charge is 2.35. The number of nitrogens with zero attached hydrogens (tertiary/aromatic N) is 2. The molecule has 4 rings (SSSR count). The van der Waals surface area contributed by atoms with Gasteiger partial charge in [-0.1, -0.05) is 28.1 Å². The second-order valence-electron chi connectivity index (χ2n) is 8.13. The molecule has 2 aromatic carbocycles. The van der Waals surface area contributed by atoms with Crippen LogP contribution in [0.3, 0.4) is 0 Å². The molecule has 0 unspecified atom stereocenters. The van der Waals surface area contributed by atoms with Crippen LogP contribution in [0.15, 0.2) is 46.9 Å². The van der Waals surface area contributed by atoms with Crippen LogP contribution in [0.1, 0.15) is 44.7 Å². The highest BCUT2D eigenvalue weighted by molar-refractivity contribution is 9.10. The number of aryl methyl sites for hydroxylation is 2. The number of hydrogen-bond acceptors (Lipinski definition) is 4. The summed E-state index contributed by atoms with van der Waals surface area (Å²) in [4.78, 5) is 13.1. The van der Waals surface area contributed by atoms with Gasteiger partial charge in [-0.05, 0) is 67.6 Å². The van der Waals surface area contributed by atoms with Gasteiger partial charge in [0.1, 0.15) is 11.3 Å². The number of rotatable bonds is 6. The number of amides is 1. The normalized spacial score (nSPS) is 13.5. The van der Waals surface area contributed by atoms with Gasteiger partial charge >= 0.3 is 6.18 Å². The van der Waals surface area contributed by atoms with E-state index in [1.54, 1.807) is 6.07 Å². The van der Waals surface area contributed by atoms with E-state index in [4.69, 9.17) is 4.74 Å². The average molecular weight is 556 g/mol. The van der Waals surface area contributed by atoms with Crippen LogP contribution >= 0.6 is 15.9 Å². The number of benzene rings is 2. The van der Waals surface area contributed by atoms with E-state index in [0.29, 0.717) is 40.6 Å². The molecule has 0 fully saturated rings. The van der Waals surface area contributed by atoms with Gasteiger partial charge in [0.2, 0.25) is 0 Å². The Balaban J connectivity index is 1.62. The fourth-order valence-corrected chi connectivity index (χ4v) is 4.43. The van der Waals surface area contributed by atoms with Gasteiger partial charge < -0.3 is 10.1 Å². The lowest BCUT2D eigenvalue weighted by molar-refractivity contribution is -0.137. The number of nitrogens with one attached hydrogen (secondary N) is 1. The molecule has 1 amide bonds. The first-order chi connectivity index (χ1) is 16.5. The first-order valence-electron chi connectivity index (χ1n) is 10.6. The number of alkyl halides is 5. The number of fused-ring (bicyclic) bond motifs is 1. The van der Waals surface area contributed by atoms with Gasteiger partial charge in [0.05, 0.1) is 17.8 Å². The third-order valence-corrected chi connectivity index (χ3v) is 6.12. The van der Waals surface area contributed by atoms with Gasteiger partial charge in [0, 0.05) is 10.0 Å².